The fourth-order valence-electron chi connectivity index (χ4n) is 3.22. The number of ether oxygens (including phenoxy) is 1. The van der Waals surface area contributed by atoms with E-state index in [9.17, 15) is 9.59 Å². The van der Waals surface area contributed by atoms with Crippen LogP contribution in [-0.4, -0.2) is 64.8 Å². The summed E-state index contributed by atoms with van der Waals surface area (Å²) in [5.41, 5.74) is -0.310. The van der Waals surface area contributed by atoms with Crippen molar-refractivity contribution in [2.45, 2.75) is 25.3 Å². The molecule has 0 unspecified atom stereocenters. The van der Waals surface area contributed by atoms with E-state index in [4.69, 9.17) is 4.74 Å². The minimum Gasteiger partial charge on any atom is -0.383 e. The second-order valence-corrected chi connectivity index (χ2v) is 7.34. The highest BCUT2D eigenvalue weighted by molar-refractivity contribution is 7.09. The molecule has 3 rings (SSSR count). The number of amides is 2. The van der Waals surface area contributed by atoms with Gasteiger partial charge in [0, 0.05) is 44.5 Å². The first-order valence-electron chi connectivity index (χ1n) is 8.55. The predicted octanol–water partition coefficient (Wildman–Crippen LogP) is 1.04. The van der Waals surface area contributed by atoms with Gasteiger partial charge >= 0.3 is 0 Å². The topological polar surface area (TPSA) is 89.4 Å². The average molecular weight is 377 g/mol. The zero-order valence-electron chi connectivity index (χ0n) is 15.0. The monoisotopic (exact) mass is 377 g/mol. The van der Waals surface area contributed by atoms with E-state index >= 15 is 0 Å². The summed E-state index contributed by atoms with van der Waals surface area (Å²) in [6.07, 6.45) is 4.47. The van der Waals surface area contributed by atoms with E-state index < -0.39 is 5.54 Å². The average Bonchev–Trinajstić information content (AvgIpc) is 3.33. The van der Waals surface area contributed by atoms with Crippen molar-refractivity contribution < 1.29 is 14.3 Å². The maximum absolute atomic E-state index is 12.9. The fourth-order valence-corrected chi connectivity index (χ4v) is 3.80. The van der Waals surface area contributed by atoms with E-state index in [1.54, 1.807) is 40.5 Å². The quantitative estimate of drug-likeness (QED) is 0.760. The first-order chi connectivity index (χ1) is 12.6. The number of carbonyl (C=O) groups is 2. The number of piperidine rings is 1. The summed E-state index contributed by atoms with van der Waals surface area (Å²) in [5.74, 6) is -0.168. The van der Waals surface area contributed by atoms with Crippen molar-refractivity contribution in [1.29, 1.82) is 0 Å². The Morgan fingerprint density at radius 2 is 2.15 bits per heavy atom. The van der Waals surface area contributed by atoms with Crippen molar-refractivity contribution in [3.8, 4) is 0 Å². The molecule has 8 nitrogen and oxygen atoms in total. The van der Waals surface area contributed by atoms with Crippen LogP contribution in [0.4, 0.5) is 0 Å². The number of carbonyl (C=O) groups excluding carboxylic acids is 2. The number of aryl methyl sites for hydroxylation is 1. The number of rotatable bonds is 6. The van der Waals surface area contributed by atoms with Gasteiger partial charge in [-0.15, -0.1) is 11.3 Å². The Hall–Kier alpha value is -2.26. The van der Waals surface area contributed by atoms with Crippen LogP contribution in [0, 0.1) is 6.92 Å². The molecule has 1 N–H and O–H groups in total. The minimum atomic E-state index is -0.786. The Morgan fingerprint density at radius 1 is 1.38 bits per heavy atom. The molecular formula is C17H23N5O3S. The minimum absolute atomic E-state index is 0.0804. The zero-order chi connectivity index (χ0) is 18.6. The maximum Gasteiger partial charge on any atom is 0.273 e. The molecule has 140 valence electrons. The third-order valence-corrected chi connectivity index (χ3v) is 5.45. The van der Waals surface area contributed by atoms with Crippen molar-refractivity contribution in [3.63, 3.8) is 0 Å². The number of thiazole rings is 1. The second kappa shape index (κ2) is 7.96. The van der Waals surface area contributed by atoms with Crippen LogP contribution in [0.25, 0.3) is 0 Å². The molecule has 0 spiro atoms. The summed E-state index contributed by atoms with van der Waals surface area (Å²) >= 11 is 1.46. The van der Waals surface area contributed by atoms with Gasteiger partial charge in [-0.25, -0.2) is 4.98 Å². The molecule has 3 heterocycles. The number of aromatic nitrogens is 3. The Bertz CT molecular complexity index is 750. The molecular weight excluding hydrogens is 354 g/mol. The van der Waals surface area contributed by atoms with Crippen LogP contribution in [0.15, 0.2) is 23.8 Å². The molecule has 1 aliphatic heterocycles. The molecule has 2 amide bonds. The lowest BCUT2D eigenvalue weighted by Crippen LogP contribution is -2.56. The fraction of sp³-hybridized carbons (Fsp3) is 0.529. The van der Waals surface area contributed by atoms with Crippen molar-refractivity contribution in [1.82, 2.24) is 25.0 Å². The van der Waals surface area contributed by atoms with Gasteiger partial charge in [-0.1, -0.05) is 0 Å². The molecule has 1 aliphatic rings. The van der Waals surface area contributed by atoms with E-state index in [2.05, 4.69) is 15.4 Å². The third-order valence-electron chi connectivity index (χ3n) is 4.67. The van der Waals surface area contributed by atoms with E-state index in [1.807, 2.05) is 6.92 Å². The molecule has 1 saturated heterocycles. The Labute approximate surface area is 156 Å². The van der Waals surface area contributed by atoms with Gasteiger partial charge in [0.2, 0.25) is 5.91 Å². The van der Waals surface area contributed by atoms with Gasteiger partial charge in [-0.2, -0.15) is 5.10 Å². The number of methoxy groups -OCH3 is 1. The van der Waals surface area contributed by atoms with E-state index in [0.717, 1.165) is 5.01 Å². The second-order valence-electron chi connectivity index (χ2n) is 6.27. The van der Waals surface area contributed by atoms with Gasteiger partial charge < -0.3 is 15.0 Å². The summed E-state index contributed by atoms with van der Waals surface area (Å²) in [6, 6.07) is 1.81. The molecule has 0 saturated carbocycles. The van der Waals surface area contributed by atoms with Crippen LogP contribution in [0.5, 0.6) is 0 Å². The highest BCUT2D eigenvalue weighted by Crippen LogP contribution is 2.31. The van der Waals surface area contributed by atoms with Crippen LogP contribution >= 0.6 is 11.3 Å². The standard InChI is InChI=1S/C17H23N5O3S/c1-13-20-14(12-26-13)15(23)21-9-4-17(5-10-21,22-8-3-6-19-22)16(24)18-7-11-25-2/h3,6,8,12H,4-5,7,9-11H2,1-2H3,(H,18,24). The van der Waals surface area contributed by atoms with E-state index in [-0.39, 0.29) is 11.8 Å². The maximum atomic E-state index is 12.9. The van der Waals surface area contributed by atoms with Gasteiger partial charge in [-0.05, 0) is 25.8 Å². The molecule has 0 aromatic carbocycles. The molecule has 2 aromatic heterocycles. The first-order valence-corrected chi connectivity index (χ1v) is 9.43. The van der Waals surface area contributed by atoms with Crippen LogP contribution in [0.2, 0.25) is 0 Å². The van der Waals surface area contributed by atoms with Crippen LogP contribution in [-0.2, 0) is 15.1 Å². The number of hydrogen-bond donors (Lipinski definition) is 1. The van der Waals surface area contributed by atoms with Crippen molar-refractivity contribution in [3.05, 3.63) is 34.5 Å². The van der Waals surface area contributed by atoms with Crippen LogP contribution in [0.1, 0.15) is 28.3 Å². The van der Waals surface area contributed by atoms with Crippen molar-refractivity contribution in [2.24, 2.45) is 0 Å². The SMILES string of the molecule is COCCNC(=O)C1(n2cccn2)CCN(C(=O)c2csc(C)n2)CC1. The zero-order valence-corrected chi connectivity index (χ0v) is 15.8. The van der Waals surface area contributed by atoms with Gasteiger partial charge in [0.1, 0.15) is 11.2 Å². The Balaban J connectivity index is 1.73. The molecule has 0 radical (unpaired) electrons. The Kier molecular flexibility index (Phi) is 5.67. The van der Waals surface area contributed by atoms with Gasteiger partial charge in [0.05, 0.1) is 11.6 Å². The molecule has 0 atom stereocenters. The smallest absolute Gasteiger partial charge is 0.273 e. The highest BCUT2D eigenvalue weighted by atomic mass is 32.1. The third kappa shape index (κ3) is 3.63. The van der Waals surface area contributed by atoms with Gasteiger partial charge in [-0.3, -0.25) is 14.3 Å². The van der Waals surface area contributed by atoms with Gasteiger partial charge in [0.25, 0.3) is 5.91 Å². The number of hydrogen-bond acceptors (Lipinski definition) is 6. The van der Waals surface area contributed by atoms with Crippen molar-refractivity contribution in [2.75, 3.05) is 33.4 Å². The molecule has 2 aromatic rings. The summed E-state index contributed by atoms with van der Waals surface area (Å²) < 4.78 is 6.72. The number of nitrogens with zero attached hydrogens (tertiary/aromatic N) is 4. The predicted molar refractivity (Wildman–Crippen MR) is 97.1 cm³/mol. The highest BCUT2D eigenvalue weighted by Gasteiger charge is 2.44. The lowest BCUT2D eigenvalue weighted by Gasteiger charge is -2.40. The van der Waals surface area contributed by atoms with Crippen LogP contribution < -0.4 is 5.32 Å². The molecule has 1 fully saturated rings. The summed E-state index contributed by atoms with van der Waals surface area (Å²) in [6.45, 7) is 3.73. The lowest BCUT2D eigenvalue weighted by atomic mass is 9.86. The normalized spacial score (nSPS) is 16.5. The lowest BCUT2D eigenvalue weighted by molar-refractivity contribution is -0.133. The first kappa shape index (κ1) is 18.5. The largest absolute Gasteiger partial charge is 0.383 e. The molecule has 26 heavy (non-hydrogen) atoms. The van der Waals surface area contributed by atoms with Gasteiger partial charge in [0.15, 0.2) is 0 Å². The van der Waals surface area contributed by atoms with E-state index in [1.165, 1.54) is 11.3 Å². The van der Waals surface area contributed by atoms with E-state index in [0.29, 0.717) is 44.8 Å². The number of nitrogens with one attached hydrogen (secondary N) is 1. The molecule has 9 heteroatoms. The Morgan fingerprint density at radius 3 is 2.73 bits per heavy atom. The van der Waals surface area contributed by atoms with Crippen LogP contribution in [0.3, 0.4) is 0 Å². The molecule has 0 aliphatic carbocycles. The summed E-state index contributed by atoms with van der Waals surface area (Å²) in [5, 5.41) is 9.88. The molecule has 0 bridgehead atoms. The number of likely N-dealkylation sites (tertiary alicyclic amines) is 1. The van der Waals surface area contributed by atoms with Crippen molar-refractivity contribution >= 4 is 23.2 Å². The summed E-state index contributed by atoms with van der Waals surface area (Å²) in [4.78, 5) is 31.6. The summed E-state index contributed by atoms with van der Waals surface area (Å²) in [7, 11) is 1.60.